The number of rotatable bonds is 5. The van der Waals surface area contributed by atoms with Gasteiger partial charge in [-0.2, -0.15) is 0 Å². The highest BCUT2D eigenvalue weighted by molar-refractivity contribution is 5.76. The van der Waals surface area contributed by atoms with Crippen molar-refractivity contribution < 1.29 is 9.47 Å². The van der Waals surface area contributed by atoms with Gasteiger partial charge in [-0.25, -0.2) is 14.3 Å². The van der Waals surface area contributed by atoms with Crippen LogP contribution in [0.5, 0.6) is 11.5 Å². The summed E-state index contributed by atoms with van der Waals surface area (Å²) in [5.41, 5.74) is 0.240. The number of hydrogen-bond donors (Lipinski definition) is 1. The largest absolute Gasteiger partial charge is 0.493 e. The van der Waals surface area contributed by atoms with Crippen LogP contribution in [0, 0.1) is 12.3 Å². The van der Waals surface area contributed by atoms with Crippen LogP contribution in [-0.4, -0.2) is 33.3 Å². The number of nitrogens with one attached hydrogen (secondary N) is 1. The molecular weight excluding hydrogens is 336 g/mol. The second kappa shape index (κ2) is 6.80. The number of aromatic nitrogens is 4. The Morgan fingerprint density at radius 1 is 1.19 bits per heavy atom. The van der Waals surface area contributed by atoms with E-state index < -0.39 is 11.2 Å². The third-order valence-electron chi connectivity index (χ3n) is 4.08. The van der Waals surface area contributed by atoms with Crippen molar-refractivity contribution in [2.75, 3.05) is 14.2 Å². The highest BCUT2D eigenvalue weighted by Gasteiger charge is 2.17. The van der Waals surface area contributed by atoms with Gasteiger partial charge in [0.25, 0.3) is 5.56 Å². The minimum atomic E-state index is -0.494. The normalized spacial score (nSPS) is 10.7. The number of methoxy groups -OCH3 is 2. The number of hydrogen-bond acceptors (Lipinski definition) is 5. The van der Waals surface area contributed by atoms with Gasteiger partial charge in [-0.1, -0.05) is 5.92 Å². The van der Waals surface area contributed by atoms with Crippen molar-refractivity contribution in [2.45, 2.75) is 20.0 Å². The van der Waals surface area contributed by atoms with Crippen molar-refractivity contribution in [3.8, 4) is 35.2 Å². The fourth-order valence-corrected chi connectivity index (χ4v) is 2.80. The molecule has 0 aliphatic carbocycles. The zero-order valence-corrected chi connectivity index (χ0v) is 14.7. The molecule has 0 aliphatic heterocycles. The van der Waals surface area contributed by atoms with Crippen LogP contribution >= 0.6 is 0 Å². The van der Waals surface area contributed by atoms with Gasteiger partial charge in [-0.3, -0.25) is 9.36 Å². The van der Waals surface area contributed by atoms with Crippen LogP contribution in [0.2, 0.25) is 0 Å². The molecule has 3 rings (SSSR count). The molecule has 0 radical (unpaired) electrons. The molecule has 0 amide bonds. The van der Waals surface area contributed by atoms with Crippen LogP contribution in [-0.2, 0) is 13.1 Å². The zero-order valence-electron chi connectivity index (χ0n) is 14.7. The van der Waals surface area contributed by atoms with Gasteiger partial charge in [0.1, 0.15) is 11.3 Å². The van der Waals surface area contributed by atoms with Gasteiger partial charge in [0.15, 0.2) is 17.1 Å². The van der Waals surface area contributed by atoms with Crippen LogP contribution in [0.25, 0.3) is 22.6 Å². The van der Waals surface area contributed by atoms with E-state index in [1.807, 2.05) is 0 Å². The SMILES string of the molecule is C#CCn1c(=O)c2[nH]c(-c3ccc(OC)c(OC)c3)nc2n(CC)c1=O. The van der Waals surface area contributed by atoms with Crippen molar-refractivity contribution in [3.63, 3.8) is 0 Å². The summed E-state index contributed by atoms with van der Waals surface area (Å²) >= 11 is 0. The Morgan fingerprint density at radius 2 is 1.92 bits per heavy atom. The molecule has 8 heteroatoms. The van der Waals surface area contributed by atoms with E-state index in [-0.39, 0.29) is 12.1 Å². The highest BCUT2D eigenvalue weighted by atomic mass is 16.5. The van der Waals surface area contributed by atoms with Crippen LogP contribution in [0.1, 0.15) is 6.92 Å². The molecule has 2 aromatic heterocycles. The molecule has 134 valence electrons. The number of terminal acetylenes is 1. The van der Waals surface area contributed by atoms with E-state index in [0.717, 1.165) is 4.57 Å². The van der Waals surface area contributed by atoms with Crippen molar-refractivity contribution in [1.82, 2.24) is 19.1 Å². The van der Waals surface area contributed by atoms with Crippen LogP contribution in [0.3, 0.4) is 0 Å². The highest BCUT2D eigenvalue weighted by Crippen LogP contribution is 2.31. The Balaban J connectivity index is 2.28. The predicted molar refractivity (Wildman–Crippen MR) is 97.7 cm³/mol. The first-order chi connectivity index (χ1) is 12.5. The summed E-state index contributed by atoms with van der Waals surface area (Å²) in [4.78, 5) is 32.6. The maximum absolute atomic E-state index is 12.6. The summed E-state index contributed by atoms with van der Waals surface area (Å²) in [5, 5.41) is 0. The smallest absolute Gasteiger partial charge is 0.333 e. The second-order valence-corrected chi connectivity index (χ2v) is 5.48. The molecule has 1 aromatic carbocycles. The first-order valence-corrected chi connectivity index (χ1v) is 7.94. The third-order valence-corrected chi connectivity index (χ3v) is 4.08. The summed E-state index contributed by atoms with van der Waals surface area (Å²) in [5.74, 6) is 3.88. The summed E-state index contributed by atoms with van der Waals surface area (Å²) in [7, 11) is 3.08. The molecule has 1 N–H and O–H groups in total. The quantitative estimate of drug-likeness (QED) is 0.696. The number of imidazole rings is 1. The number of H-pyrrole nitrogens is 1. The Kier molecular flexibility index (Phi) is 4.54. The van der Waals surface area contributed by atoms with Gasteiger partial charge in [0.2, 0.25) is 0 Å². The van der Waals surface area contributed by atoms with E-state index in [1.165, 1.54) is 11.7 Å². The molecule has 0 unspecified atom stereocenters. The summed E-state index contributed by atoms with van der Waals surface area (Å²) in [6.45, 7) is 2.06. The summed E-state index contributed by atoms with van der Waals surface area (Å²) < 4.78 is 13.0. The number of aryl methyl sites for hydroxylation is 1. The average molecular weight is 354 g/mol. The summed E-state index contributed by atoms with van der Waals surface area (Å²) in [6.07, 6.45) is 5.28. The van der Waals surface area contributed by atoms with Gasteiger partial charge >= 0.3 is 5.69 Å². The number of aromatic amines is 1. The van der Waals surface area contributed by atoms with Crippen LogP contribution in [0.4, 0.5) is 0 Å². The lowest BCUT2D eigenvalue weighted by Gasteiger charge is -2.08. The average Bonchev–Trinajstić information content (AvgIpc) is 3.10. The first kappa shape index (κ1) is 17.4. The monoisotopic (exact) mass is 354 g/mol. The van der Waals surface area contributed by atoms with Gasteiger partial charge in [-0.15, -0.1) is 6.42 Å². The topological polar surface area (TPSA) is 91.1 Å². The molecule has 0 fully saturated rings. The van der Waals surface area contributed by atoms with Gasteiger partial charge in [0.05, 0.1) is 20.8 Å². The molecule has 0 spiro atoms. The lowest BCUT2D eigenvalue weighted by molar-refractivity contribution is 0.355. The second-order valence-electron chi connectivity index (χ2n) is 5.48. The number of ether oxygens (including phenoxy) is 2. The molecule has 2 heterocycles. The molecular formula is C18H18N4O4. The fourth-order valence-electron chi connectivity index (χ4n) is 2.80. The van der Waals surface area contributed by atoms with Crippen molar-refractivity contribution >= 4 is 11.2 Å². The molecule has 8 nitrogen and oxygen atoms in total. The molecule has 0 saturated heterocycles. The minimum absolute atomic E-state index is 0.0989. The van der Waals surface area contributed by atoms with E-state index in [1.54, 1.807) is 32.2 Å². The molecule has 0 bridgehead atoms. The molecule has 0 atom stereocenters. The fraction of sp³-hybridized carbons (Fsp3) is 0.278. The zero-order chi connectivity index (χ0) is 18.8. The van der Waals surface area contributed by atoms with Gasteiger partial charge in [0, 0.05) is 12.1 Å². The molecule has 0 aliphatic rings. The van der Waals surface area contributed by atoms with Crippen LogP contribution in [0.15, 0.2) is 27.8 Å². The summed E-state index contributed by atoms with van der Waals surface area (Å²) in [6, 6.07) is 5.27. The Labute approximate surface area is 149 Å². The Morgan fingerprint density at radius 3 is 2.54 bits per heavy atom. The van der Waals surface area contributed by atoms with Gasteiger partial charge in [-0.05, 0) is 25.1 Å². The maximum atomic E-state index is 12.6. The molecule has 3 aromatic rings. The maximum Gasteiger partial charge on any atom is 0.333 e. The van der Waals surface area contributed by atoms with Crippen molar-refractivity contribution in [1.29, 1.82) is 0 Å². The Hall–Kier alpha value is -3.47. The third kappa shape index (κ3) is 2.63. The molecule has 0 saturated carbocycles. The van der Waals surface area contributed by atoms with Crippen molar-refractivity contribution in [3.05, 3.63) is 39.0 Å². The van der Waals surface area contributed by atoms with Crippen LogP contribution < -0.4 is 20.7 Å². The lowest BCUT2D eigenvalue weighted by Crippen LogP contribution is -2.39. The van der Waals surface area contributed by atoms with Crippen molar-refractivity contribution in [2.24, 2.45) is 0 Å². The molecule has 26 heavy (non-hydrogen) atoms. The number of fused-ring (bicyclic) bond motifs is 1. The number of benzene rings is 1. The predicted octanol–water partition coefficient (Wildman–Crippen LogP) is 1.22. The van der Waals surface area contributed by atoms with E-state index in [9.17, 15) is 9.59 Å². The standard InChI is InChI=1S/C18H18N4O4/c1-5-9-22-17(23)14-16(21(6-2)18(22)24)20-15(19-14)11-7-8-12(25-3)13(10-11)26-4/h1,7-8,10H,6,9H2,2-4H3,(H,19,20). The number of nitrogens with zero attached hydrogens (tertiary/aromatic N) is 3. The lowest BCUT2D eigenvalue weighted by atomic mass is 10.2. The van der Waals surface area contributed by atoms with E-state index in [0.29, 0.717) is 35.1 Å². The first-order valence-electron chi connectivity index (χ1n) is 7.94. The Bertz CT molecular complexity index is 1130. The van der Waals surface area contributed by atoms with E-state index in [4.69, 9.17) is 15.9 Å². The van der Waals surface area contributed by atoms with E-state index >= 15 is 0 Å². The van der Waals surface area contributed by atoms with E-state index in [2.05, 4.69) is 15.9 Å². The minimum Gasteiger partial charge on any atom is -0.493 e. The van der Waals surface area contributed by atoms with Gasteiger partial charge < -0.3 is 14.5 Å².